The van der Waals surface area contributed by atoms with Crippen molar-refractivity contribution in [2.45, 2.75) is 0 Å². The molecule has 6 nitrogen and oxygen atoms in total. The highest BCUT2D eigenvalue weighted by atomic mass is 16.5. The monoisotopic (exact) mass is 341 g/mol. The molecule has 0 radical (unpaired) electrons. The van der Waals surface area contributed by atoms with Crippen LogP contribution >= 0.6 is 0 Å². The minimum atomic E-state index is 0.0446. The predicted octanol–water partition coefficient (Wildman–Crippen LogP) is 1.86. The Labute approximate surface area is 147 Å². The summed E-state index contributed by atoms with van der Waals surface area (Å²) >= 11 is 0. The number of benzene rings is 1. The van der Waals surface area contributed by atoms with Crippen LogP contribution in [-0.2, 0) is 4.74 Å². The van der Waals surface area contributed by atoms with Gasteiger partial charge in [-0.3, -0.25) is 14.7 Å². The van der Waals surface area contributed by atoms with Gasteiger partial charge in [-0.2, -0.15) is 0 Å². The van der Waals surface area contributed by atoms with Crippen molar-refractivity contribution in [1.29, 1.82) is 0 Å². The van der Waals surface area contributed by atoms with Crippen molar-refractivity contribution < 1.29 is 14.6 Å². The average Bonchev–Trinajstić information content (AvgIpc) is 2.67. The summed E-state index contributed by atoms with van der Waals surface area (Å²) in [6.45, 7) is 4.82. The average molecular weight is 341 g/mol. The molecular formula is C19H23N3O3. The lowest BCUT2D eigenvalue weighted by Gasteiger charge is -2.34. The Morgan fingerprint density at radius 2 is 1.88 bits per heavy atom. The third kappa shape index (κ3) is 4.15. The van der Waals surface area contributed by atoms with E-state index in [9.17, 15) is 9.90 Å². The Balaban J connectivity index is 1.63. The van der Waals surface area contributed by atoms with Crippen LogP contribution in [0.15, 0.2) is 42.6 Å². The van der Waals surface area contributed by atoms with Crippen LogP contribution in [0.4, 0.5) is 0 Å². The molecule has 132 valence electrons. The number of aromatic nitrogens is 1. The van der Waals surface area contributed by atoms with Crippen molar-refractivity contribution in [3.05, 3.63) is 48.2 Å². The van der Waals surface area contributed by atoms with Gasteiger partial charge in [-0.15, -0.1) is 0 Å². The molecule has 0 aliphatic carbocycles. The molecule has 1 saturated heterocycles. The number of ether oxygens (including phenoxy) is 1. The molecule has 0 unspecified atom stereocenters. The van der Waals surface area contributed by atoms with Crippen molar-refractivity contribution in [3.63, 3.8) is 0 Å². The van der Waals surface area contributed by atoms with Gasteiger partial charge in [0.1, 0.15) is 11.4 Å². The van der Waals surface area contributed by atoms with Gasteiger partial charge in [0.2, 0.25) is 0 Å². The highest BCUT2D eigenvalue weighted by Gasteiger charge is 2.22. The summed E-state index contributed by atoms with van der Waals surface area (Å²) in [6.07, 6.45) is 1.64. The summed E-state index contributed by atoms with van der Waals surface area (Å²) in [5.74, 6) is 0.178. The van der Waals surface area contributed by atoms with Crippen molar-refractivity contribution in [3.8, 4) is 17.0 Å². The summed E-state index contributed by atoms with van der Waals surface area (Å²) in [6, 6.07) is 10.5. The first-order valence-corrected chi connectivity index (χ1v) is 8.44. The van der Waals surface area contributed by atoms with E-state index in [0.29, 0.717) is 11.3 Å². The number of amides is 1. The molecule has 1 fully saturated rings. The second-order valence-electron chi connectivity index (χ2n) is 6.08. The van der Waals surface area contributed by atoms with Gasteiger partial charge in [0.05, 0.1) is 6.61 Å². The molecule has 0 atom stereocenters. The maximum absolute atomic E-state index is 12.7. The number of pyridine rings is 1. The lowest BCUT2D eigenvalue weighted by Crippen LogP contribution is -2.49. The molecular weight excluding hydrogens is 318 g/mol. The van der Waals surface area contributed by atoms with Gasteiger partial charge in [-0.25, -0.2) is 0 Å². The third-order valence-corrected chi connectivity index (χ3v) is 4.46. The normalized spacial score (nSPS) is 15.3. The minimum Gasteiger partial charge on any atom is -0.506 e. The second-order valence-corrected chi connectivity index (χ2v) is 6.08. The summed E-state index contributed by atoms with van der Waals surface area (Å²) in [5, 5.41) is 9.88. The van der Waals surface area contributed by atoms with Crippen LogP contribution in [0, 0.1) is 0 Å². The summed E-state index contributed by atoms with van der Waals surface area (Å²) in [5.41, 5.74) is 1.97. The van der Waals surface area contributed by atoms with Crippen LogP contribution in [-0.4, -0.2) is 72.2 Å². The fourth-order valence-corrected chi connectivity index (χ4v) is 2.97. The molecule has 1 aromatic heterocycles. The second kappa shape index (κ2) is 8.09. The molecule has 1 aliphatic heterocycles. The molecule has 1 N–H and O–H groups in total. The fourth-order valence-electron chi connectivity index (χ4n) is 2.97. The molecule has 3 rings (SSSR count). The zero-order valence-corrected chi connectivity index (χ0v) is 14.4. The first-order chi connectivity index (χ1) is 12.2. The molecule has 1 amide bonds. The van der Waals surface area contributed by atoms with E-state index < -0.39 is 0 Å². The number of piperazine rings is 1. The molecule has 2 heterocycles. The van der Waals surface area contributed by atoms with Crippen LogP contribution < -0.4 is 0 Å². The third-order valence-electron chi connectivity index (χ3n) is 4.46. The summed E-state index contributed by atoms with van der Waals surface area (Å²) in [4.78, 5) is 21.0. The number of nitrogens with zero attached hydrogens (tertiary/aromatic N) is 3. The van der Waals surface area contributed by atoms with Gasteiger partial charge in [0, 0.05) is 57.2 Å². The van der Waals surface area contributed by atoms with Crippen LogP contribution in [0.3, 0.4) is 0 Å². The molecule has 0 saturated carbocycles. The first-order valence-electron chi connectivity index (χ1n) is 8.44. The van der Waals surface area contributed by atoms with E-state index in [0.717, 1.165) is 44.9 Å². The minimum absolute atomic E-state index is 0.0446. The Morgan fingerprint density at radius 3 is 2.52 bits per heavy atom. The Kier molecular flexibility index (Phi) is 5.63. The van der Waals surface area contributed by atoms with Crippen LogP contribution in [0.25, 0.3) is 11.3 Å². The van der Waals surface area contributed by atoms with Gasteiger partial charge in [0.25, 0.3) is 5.91 Å². The van der Waals surface area contributed by atoms with E-state index in [1.165, 1.54) is 0 Å². The van der Waals surface area contributed by atoms with E-state index in [4.69, 9.17) is 4.74 Å². The first kappa shape index (κ1) is 17.4. The lowest BCUT2D eigenvalue weighted by atomic mass is 10.1. The maximum atomic E-state index is 12.7. The Bertz CT molecular complexity index is 710. The van der Waals surface area contributed by atoms with Gasteiger partial charge in [-0.05, 0) is 24.3 Å². The van der Waals surface area contributed by atoms with E-state index >= 15 is 0 Å². The number of carbonyl (C=O) groups is 1. The van der Waals surface area contributed by atoms with Crippen LogP contribution in [0.2, 0.25) is 0 Å². The molecule has 25 heavy (non-hydrogen) atoms. The quantitative estimate of drug-likeness (QED) is 0.899. The van der Waals surface area contributed by atoms with Crippen molar-refractivity contribution in [2.75, 3.05) is 46.4 Å². The Hall–Kier alpha value is -2.44. The smallest absolute Gasteiger partial charge is 0.253 e. The Morgan fingerprint density at radius 1 is 1.16 bits per heavy atom. The molecule has 6 heteroatoms. The van der Waals surface area contributed by atoms with Crippen molar-refractivity contribution >= 4 is 5.91 Å². The predicted molar refractivity (Wildman–Crippen MR) is 95.6 cm³/mol. The molecule has 2 aromatic rings. The topological polar surface area (TPSA) is 65.9 Å². The van der Waals surface area contributed by atoms with Crippen molar-refractivity contribution in [1.82, 2.24) is 14.8 Å². The number of rotatable bonds is 5. The van der Waals surface area contributed by atoms with Crippen LogP contribution in [0.1, 0.15) is 10.4 Å². The fraction of sp³-hybridized carbons (Fsp3) is 0.368. The molecule has 0 bridgehead atoms. The van der Waals surface area contributed by atoms with Gasteiger partial charge in [0.15, 0.2) is 0 Å². The molecule has 0 spiro atoms. The van der Waals surface area contributed by atoms with E-state index in [1.807, 2.05) is 17.0 Å². The zero-order valence-electron chi connectivity index (χ0n) is 14.4. The summed E-state index contributed by atoms with van der Waals surface area (Å²) in [7, 11) is 1.70. The van der Waals surface area contributed by atoms with Gasteiger partial charge >= 0.3 is 0 Å². The molecule has 1 aromatic carbocycles. The van der Waals surface area contributed by atoms with Gasteiger partial charge < -0.3 is 14.7 Å². The van der Waals surface area contributed by atoms with Crippen LogP contribution in [0.5, 0.6) is 5.75 Å². The highest BCUT2D eigenvalue weighted by Crippen LogP contribution is 2.26. The van der Waals surface area contributed by atoms with Crippen molar-refractivity contribution in [2.24, 2.45) is 0 Å². The zero-order chi connectivity index (χ0) is 17.6. The number of aromatic hydroxyl groups is 1. The SMILES string of the molecule is COCCN1CCN(C(=O)c2ccc(-c3ncccc3O)cc2)CC1. The number of hydrogen-bond acceptors (Lipinski definition) is 5. The lowest BCUT2D eigenvalue weighted by molar-refractivity contribution is 0.0594. The molecule has 1 aliphatic rings. The number of hydrogen-bond donors (Lipinski definition) is 1. The standard InChI is InChI=1S/C19H23N3O3/c1-25-14-13-21-9-11-22(12-10-21)19(24)16-6-4-15(5-7-16)18-17(23)3-2-8-20-18/h2-8,23H,9-14H2,1H3. The number of methoxy groups -OCH3 is 1. The largest absolute Gasteiger partial charge is 0.506 e. The number of carbonyl (C=O) groups excluding carboxylic acids is 1. The van der Waals surface area contributed by atoms with Gasteiger partial charge in [-0.1, -0.05) is 12.1 Å². The van der Waals surface area contributed by atoms with E-state index in [1.54, 1.807) is 37.6 Å². The van der Waals surface area contributed by atoms with E-state index in [-0.39, 0.29) is 11.7 Å². The maximum Gasteiger partial charge on any atom is 0.253 e. The summed E-state index contributed by atoms with van der Waals surface area (Å²) < 4.78 is 5.10. The highest BCUT2D eigenvalue weighted by molar-refractivity contribution is 5.94. The van der Waals surface area contributed by atoms with E-state index in [2.05, 4.69) is 9.88 Å².